The summed E-state index contributed by atoms with van der Waals surface area (Å²) >= 11 is 0. The number of carbonyl (C=O) groups excluding carboxylic acids is 1. The number of nitro groups is 1. The van der Waals surface area contributed by atoms with Crippen LogP contribution >= 0.6 is 0 Å². The molecule has 1 aromatic rings. The Morgan fingerprint density at radius 2 is 2.00 bits per heavy atom. The van der Waals surface area contributed by atoms with Crippen LogP contribution in [-0.4, -0.2) is 23.4 Å². The Balaban J connectivity index is 2.52. The van der Waals surface area contributed by atoms with Crippen molar-refractivity contribution in [3.05, 3.63) is 63.9 Å². The van der Waals surface area contributed by atoms with Gasteiger partial charge >= 0.3 is 0 Å². The average molecular weight is 273 g/mol. The lowest BCUT2D eigenvalue weighted by molar-refractivity contribution is -0.429. The largest absolute Gasteiger partial charge is 0.366 e. The quantitative estimate of drug-likeness (QED) is 0.624. The van der Waals surface area contributed by atoms with Crippen molar-refractivity contribution in [1.82, 2.24) is 0 Å². The number of benzene rings is 1. The topological polar surface area (TPSA) is 69.4 Å². The molecule has 1 aliphatic rings. The van der Waals surface area contributed by atoms with Crippen molar-refractivity contribution in [1.29, 1.82) is 0 Å². The number of carbonyl (C=O) groups is 1. The molecule has 0 radical (unpaired) electrons. The molecule has 5 nitrogen and oxygen atoms in total. The van der Waals surface area contributed by atoms with Crippen LogP contribution in [0.5, 0.6) is 0 Å². The van der Waals surface area contributed by atoms with E-state index < -0.39 is 10.5 Å². The first-order chi connectivity index (χ1) is 9.50. The van der Waals surface area contributed by atoms with E-state index in [4.69, 9.17) is 4.74 Å². The van der Waals surface area contributed by atoms with Crippen molar-refractivity contribution < 1.29 is 14.5 Å². The summed E-state index contributed by atoms with van der Waals surface area (Å²) in [5.41, 5.74) is 0.0321. The maximum atomic E-state index is 11.7. The van der Waals surface area contributed by atoms with Crippen molar-refractivity contribution in [3.63, 3.8) is 0 Å². The van der Waals surface area contributed by atoms with E-state index >= 15 is 0 Å². The maximum Gasteiger partial charge on any atom is 0.257 e. The lowest BCUT2D eigenvalue weighted by Crippen LogP contribution is -2.40. The zero-order valence-electron chi connectivity index (χ0n) is 11.3. The summed E-state index contributed by atoms with van der Waals surface area (Å²) < 4.78 is 5.23. The fourth-order valence-corrected chi connectivity index (χ4v) is 2.29. The zero-order valence-corrected chi connectivity index (χ0v) is 11.3. The molecule has 0 saturated heterocycles. The highest BCUT2D eigenvalue weighted by molar-refractivity contribution is 5.90. The Labute approximate surface area is 116 Å². The Morgan fingerprint density at radius 1 is 1.35 bits per heavy atom. The number of hydrogen-bond acceptors (Lipinski definition) is 4. The zero-order chi connectivity index (χ0) is 14.8. The maximum absolute atomic E-state index is 11.7. The summed E-state index contributed by atoms with van der Waals surface area (Å²) in [4.78, 5) is 22.6. The van der Waals surface area contributed by atoms with Gasteiger partial charge < -0.3 is 4.74 Å². The molecule has 0 aromatic heterocycles. The van der Waals surface area contributed by atoms with Crippen LogP contribution in [0.15, 0.2) is 48.2 Å². The summed E-state index contributed by atoms with van der Waals surface area (Å²) in [5.74, 6) is -0.247. The molecule has 0 bridgehead atoms. The minimum absolute atomic E-state index is 0.00394. The first kappa shape index (κ1) is 14.1. The van der Waals surface area contributed by atoms with Gasteiger partial charge in [-0.3, -0.25) is 14.9 Å². The fraction of sp³-hybridized carbons (Fsp3) is 0.267. The summed E-state index contributed by atoms with van der Waals surface area (Å²) in [6.45, 7) is 1.37. The fourth-order valence-electron chi connectivity index (χ4n) is 2.29. The monoisotopic (exact) mass is 273 g/mol. The highest BCUT2D eigenvalue weighted by Crippen LogP contribution is 2.35. The predicted octanol–water partition coefficient (Wildman–Crippen LogP) is 2.61. The van der Waals surface area contributed by atoms with Crippen LogP contribution in [0.1, 0.15) is 18.9 Å². The summed E-state index contributed by atoms with van der Waals surface area (Å²) in [6.07, 6.45) is 3.14. The Bertz CT molecular complexity index is 604. The second-order valence-electron chi connectivity index (χ2n) is 4.64. The molecule has 1 unspecified atom stereocenters. The average Bonchev–Trinajstić information content (AvgIpc) is 2.47. The normalized spacial score (nSPS) is 21.9. The van der Waals surface area contributed by atoms with Gasteiger partial charge in [-0.2, -0.15) is 0 Å². The molecular formula is C15H15NO4. The van der Waals surface area contributed by atoms with E-state index in [-0.39, 0.29) is 17.9 Å². The van der Waals surface area contributed by atoms with Crippen LogP contribution < -0.4 is 0 Å². The van der Waals surface area contributed by atoms with E-state index in [9.17, 15) is 14.9 Å². The second kappa shape index (κ2) is 5.38. The van der Waals surface area contributed by atoms with Crippen LogP contribution in [-0.2, 0) is 9.53 Å². The Morgan fingerprint density at radius 3 is 2.50 bits per heavy atom. The van der Waals surface area contributed by atoms with E-state index in [1.165, 1.54) is 14.0 Å². The van der Waals surface area contributed by atoms with Crippen LogP contribution in [0.2, 0.25) is 0 Å². The number of allylic oxidation sites excluding steroid dienone is 2. The molecule has 0 amide bonds. The number of nitrogens with zero attached hydrogens (tertiary/aromatic N) is 1. The van der Waals surface area contributed by atoms with Gasteiger partial charge in [-0.05, 0) is 24.6 Å². The molecule has 0 N–H and O–H groups in total. The molecule has 104 valence electrons. The van der Waals surface area contributed by atoms with Gasteiger partial charge in [0.1, 0.15) is 0 Å². The van der Waals surface area contributed by atoms with Gasteiger partial charge in [0.05, 0.1) is 16.9 Å². The van der Waals surface area contributed by atoms with Gasteiger partial charge in [-0.1, -0.05) is 30.3 Å². The highest BCUT2D eigenvalue weighted by Gasteiger charge is 2.41. The van der Waals surface area contributed by atoms with Crippen LogP contribution in [0, 0.1) is 10.1 Å². The van der Waals surface area contributed by atoms with E-state index in [2.05, 4.69) is 0 Å². The van der Waals surface area contributed by atoms with Gasteiger partial charge in [0, 0.05) is 7.11 Å². The third kappa shape index (κ3) is 2.40. The smallest absolute Gasteiger partial charge is 0.257 e. The van der Waals surface area contributed by atoms with Crippen LogP contribution in [0.4, 0.5) is 0 Å². The molecule has 0 spiro atoms. The molecule has 2 rings (SSSR count). The van der Waals surface area contributed by atoms with E-state index in [1.807, 2.05) is 18.2 Å². The van der Waals surface area contributed by atoms with E-state index in [1.54, 1.807) is 24.3 Å². The van der Waals surface area contributed by atoms with Gasteiger partial charge in [0.15, 0.2) is 11.4 Å². The molecule has 1 aromatic carbocycles. The minimum atomic E-state index is -1.24. The van der Waals surface area contributed by atoms with Crippen molar-refractivity contribution in [3.8, 4) is 0 Å². The Kier molecular flexibility index (Phi) is 3.81. The summed E-state index contributed by atoms with van der Waals surface area (Å²) in [5, 5.41) is 11.3. The molecule has 0 aliphatic heterocycles. The van der Waals surface area contributed by atoms with E-state index in [0.29, 0.717) is 5.57 Å². The Hall–Kier alpha value is -2.27. The molecule has 1 aliphatic carbocycles. The molecule has 20 heavy (non-hydrogen) atoms. The number of ketones is 1. The molecule has 0 fully saturated rings. The summed E-state index contributed by atoms with van der Waals surface area (Å²) in [6, 6.07) is 9.08. The summed E-state index contributed by atoms with van der Waals surface area (Å²) in [7, 11) is 1.39. The second-order valence-corrected chi connectivity index (χ2v) is 4.64. The van der Waals surface area contributed by atoms with Crippen LogP contribution in [0.25, 0.3) is 5.57 Å². The number of methoxy groups -OCH3 is 1. The van der Waals surface area contributed by atoms with Crippen molar-refractivity contribution in [2.75, 3.05) is 7.11 Å². The van der Waals surface area contributed by atoms with Crippen molar-refractivity contribution >= 4 is 11.4 Å². The molecular weight excluding hydrogens is 258 g/mol. The number of rotatable bonds is 4. The number of hydrogen-bond donors (Lipinski definition) is 0. The van der Waals surface area contributed by atoms with Gasteiger partial charge in [0.25, 0.3) is 5.70 Å². The lowest BCUT2D eigenvalue weighted by Gasteiger charge is -2.28. The van der Waals surface area contributed by atoms with Crippen LogP contribution in [0.3, 0.4) is 0 Å². The minimum Gasteiger partial charge on any atom is -0.366 e. The third-order valence-electron chi connectivity index (χ3n) is 3.53. The molecule has 5 heteroatoms. The standard InChI is InChI=1S/C15H15NO4/c1-11(17)15(20-2)9-8-13(14(10-15)16(18)19)12-6-4-3-5-7-12/h3-9H,10H2,1-2H3. The third-order valence-corrected chi connectivity index (χ3v) is 3.53. The SMILES string of the molecule is COC1(C(C)=O)C=CC(c2ccccc2)=C([N+](=O)[O-])C1. The van der Waals surface area contributed by atoms with Gasteiger partial charge in [-0.15, -0.1) is 0 Å². The first-order valence-electron chi connectivity index (χ1n) is 6.18. The first-order valence-corrected chi connectivity index (χ1v) is 6.18. The van der Waals surface area contributed by atoms with Gasteiger partial charge in [-0.25, -0.2) is 0 Å². The number of ether oxygens (including phenoxy) is 1. The van der Waals surface area contributed by atoms with Crippen molar-refractivity contribution in [2.24, 2.45) is 0 Å². The predicted molar refractivity (Wildman–Crippen MR) is 74.5 cm³/mol. The van der Waals surface area contributed by atoms with E-state index in [0.717, 1.165) is 5.56 Å². The van der Waals surface area contributed by atoms with Gasteiger partial charge in [0.2, 0.25) is 0 Å². The number of Topliss-reactive ketones (excluding diaryl/α,β-unsaturated/α-hetero) is 1. The molecule has 1 atom stereocenters. The lowest BCUT2D eigenvalue weighted by atomic mass is 9.84. The molecule has 0 saturated carbocycles. The highest BCUT2D eigenvalue weighted by atomic mass is 16.6. The van der Waals surface area contributed by atoms with Crippen molar-refractivity contribution in [2.45, 2.75) is 18.9 Å². The molecule has 0 heterocycles.